The molecule has 1 rings (SSSR count). The molecule has 0 saturated carbocycles. The van der Waals surface area contributed by atoms with E-state index < -0.39 is 18.0 Å². The summed E-state index contributed by atoms with van der Waals surface area (Å²) in [6.45, 7) is 1.49. The number of hydrogen-bond acceptors (Lipinski definition) is 3. The lowest BCUT2D eigenvalue weighted by molar-refractivity contribution is 0.160. The van der Waals surface area contributed by atoms with E-state index in [-0.39, 0.29) is 5.69 Å². The zero-order chi connectivity index (χ0) is 10.0. The molecule has 0 spiro atoms. The van der Waals surface area contributed by atoms with Gasteiger partial charge >= 0.3 is 0 Å². The number of aromatic nitrogens is 1. The number of halogens is 2. The summed E-state index contributed by atoms with van der Waals surface area (Å²) in [5, 5.41) is 9.12. The average molecular weight is 249 g/mol. The molecule has 1 heterocycles. The van der Waals surface area contributed by atoms with Gasteiger partial charge in [0.15, 0.2) is 0 Å². The van der Waals surface area contributed by atoms with E-state index in [4.69, 9.17) is 10.8 Å². The molecule has 3 N–H and O–H groups in total. The first kappa shape index (κ1) is 10.6. The molecule has 0 saturated heterocycles. The second kappa shape index (κ2) is 4.13. The van der Waals surface area contributed by atoms with Crippen LogP contribution in [0.2, 0.25) is 0 Å². The molecule has 1 aromatic heterocycles. The summed E-state index contributed by atoms with van der Waals surface area (Å²) in [5.74, 6) is -0.511. The highest BCUT2D eigenvalue weighted by Crippen LogP contribution is 2.18. The lowest BCUT2D eigenvalue weighted by Gasteiger charge is -2.14. The van der Waals surface area contributed by atoms with E-state index in [9.17, 15) is 4.39 Å². The Hall–Kier alpha value is -0.520. The van der Waals surface area contributed by atoms with Crippen LogP contribution in [-0.2, 0) is 0 Å². The van der Waals surface area contributed by atoms with Crippen LogP contribution in [-0.4, -0.2) is 16.2 Å². The Morgan fingerprint density at radius 1 is 1.69 bits per heavy atom. The van der Waals surface area contributed by atoms with Gasteiger partial charge in [-0.3, -0.25) is 4.98 Å². The molecule has 0 bridgehead atoms. The molecule has 0 amide bonds. The van der Waals surface area contributed by atoms with Crippen molar-refractivity contribution in [3.63, 3.8) is 0 Å². The summed E-state index contributed by atoms with van der Waals surface area (Å²) >= 11 is 3.08. The maximum absolute atomic E-state index is 13.2. The molecule has 5 heteroatoms. The normalized spacial score (nSPS) is 15.5. The molecule has 0 radical (unpaired) electrons. The van der Waals surface area contributed by atoms with Crippen molar-refractivity contribution in [2.24, 2.45) is 5.73 Å². The number of hydrogen-bond donors (Lipinski definition) is 2. The first-order chi connectivity index (χ1) is 6.02. The van der Waals surface area contributed by atoms with Gasteiger partial charge in [0.25, 0.3) is 0 Å². The molecule has 13 heavy (non-hydrogen) atoms. The van der Waals surface area contributed by atoms with Crippen molar-refractivity contribution in [2.45, 2.75) is 19.1 Å². The van der Waals surface area contributed by atoms with Crippen molar-refractivity contribution in [1.82, 2.24) is 4.98 Å². The quantitative estimate of drug-likeness (QED) is 0.832. The van der Waals surface area contributed by atoms with Gasteiger partial charge in [-0.15, -0.1) is 0 Å². The van der Waals surface area contributed by atoms with Crippen molar-refractivity contribution in [3.8, 4) is 0 Å². The second-order valence-corrected chi connectivity index (χ2v) is 3.70. The largest absolute Gasteiger partial charge is 0.391 e. The fraction of sp³-hybridized carbons (Fsp3) is 0.375. The zero-order valence-corrected chi connectivity index (χ0v) is 8.62. The van der Waals surface area contributed by atoms with Gasteiger partial charge in [-0.1, -0.05) is 0 Å². The van der Waals surface area contributed by atoms with Crippen molar-refractivity contribution in [1.29, 1.82) is 0 Å². The molecular weight excluding hydrogens is 239 g/mol. The molecule has 3 nitrogen and oxygen atoms in total. The van der Waals surface area contributed by atoms with Gasteiger partial charge in [0, 0.05) is 10.7 Å². The number of pyridine rings is 1. The SMILES string of the molecule is CC(O)C(N)c1ncc(Br)cc1F. The highest BCUT2D eigenvalue weighted by atomic mass is 79.9. The molecular formula is C8H10BrFN2O. The van der Waals surface area contributed by atoms with Gasteiger partial charge in [-0.25, -0.2) is 4.39 Å². The number of aliphatic hydroxyl groups excluding tert-OH is 1. The highest BCUT2D eigenvalue weighted by molar-refractivity contribution is 9.10. The molecule has 0 aliphatic carbocycles. The van der Waals surface area contributed by atoms with E-state index in [1.165, 1.54) is 19.2 Å². The van der Waals surface area contributed by atoms with E-state index >= 15 is 0 Å². The van der Waals surface area contributed by atoms with Crippen LogP contribution < -0.4 is 5.73 Å². The van der Waals surface area contributed by atoms with E-state index in [0.717, 1.165) is 0 Å². The van der Waals surface area contributed by atoms with Crippen LogP contribution in [0.25, 0.3) is 0 Å². The van der Waals surface area contributed by atoms with Crippen molar-refractivity contribution in [2.75, 3.05) is 0 Å². The average Bonchev–Trinajstić information content (AvgIpc) is 2.03. The molecule has 0 aromatic carbocycles. The molecule has 0 aliphatic heterocycles. The number of rotatable bonds is 2. The van der Waals surface area contributed by atoms with Gasteiger partial charge in [0.05, 0.1) is 17.8 Å². The van der Waals surface area contributed by atoms with Crippen LogP contribution in [0.15, 0.2) is 16.7 Å². The summed E-state index contributed by atoms with van der Waals surface area (Å²) in [6, 6.07) is 0.484. The van der Waals surface area contributed by atoms with Crippen LogP contribution >= 0.6 is 15.9 Å². The van der Waals surface area contributed by atoms with Gasteiger partial charge in [-0.05, 0) is 28.9 Å². The van der Waals surface area contributed by atoms with Gasteiger partial charge < -0.3 is 10.8 Å². The van der Waals surface area contributed by atoms with Gasteiger partial charge in [0.2, 0.25) is 0 Å². The molecule has 0 aliphatic rings. The Labute approximate surface area is 83.9 Å². The predicted molar refractivity (Wildman–Crippen MR) is 50.5 cm³/mol. The fourth-order valence-electron chi connectivity index (χ4n) is 0.899. The Balaban J connectivity index is 3.01. The maximum Gasteiger partial charge on any atom is 0.147 e. The summed E-state index contributed by atoms with van der Waals surface area (Å²) in [6.07, 6.45) is 0.629. The number of aliphatic hydroxyl groups is 1. The molecule has 2 atom stereocenters. The van der Waals surface area contributed by atoms with Crippen LogP contribution in [0.3, 0.4) is 0 Å². The minimum atomic E-state index is -0.817. The first-order valence-electron chi connectivity index (χ1n) is 3.77. The Kier molecular flexibility index (Phi) is 3.35. The Morgan fingerprint density at radius 2 is 2.31 bits per heavy atom. The Morgan fingerprint density at radius 3 is 2.77 bits per heavy atom. The third kappa shape index (κ3) is 2.46. The third-order valence-electron chi connectivity index (χ3n) is 1.67. The highest BCUT2D eigenvalue weighted by Gasteiger charge is 2.17. The van der Waals surface area contributed by atoms with Crippen LogP contribution in [0, 0.1) is 5.82 Å². The minimum absolute atomic E-state index is 0.0817. The summed E-state index contributed by atoms with van der Waals surface area (Å²) < 4.78 is 13.7. The van der Waals surface area contributed by atoms with Crippen molar-refractivity contribution in [3.05, 3.63) is 28.2 Å². The predicted octanol–water partition coefficient (Wildman–Crippen LogP) is 1.36. The van der Waals surface area contributed by atoms with Crippen LogP contribution in [0.4, 0.5) is 4.39 Å². The topological polar surface area (TPSA) is 59.1 Å². The first-order valence-corrected chi connectivity index (χ1v) is 4.56. The van der Waals surface area contributed by atoms with Crippen molar-refractivity contribution < 1.29 is 9.50 Å². The lowest BCUT2D eigenvalue weighted by atomic mass is 10.1. The zero-order valence-electron chi connectivity index (χ0n) is 7.04. The molecule has 72 valence electrons. The number of nitrogens with zero attached hydrogens (tertiary/aromatic N) is 1. The third-order valence-corrected chi connectivity index (χ3v) is 2.11. The smallest absolute Gasteiger partial charge is 0.147 e. The summed E-state index contributed by atoms with van der Waals surface area (Å²) in [5.41, 5.74) is 5.60. The van der Waals surface area contributed by atoms with E-state index in [1.807, 2.05) is 0 Å². The molecule has 0 fully saturated rings. The summed E-state index contributed by atoms with van der Waals surface area (Å²) in [4.78, 5) is 3.79. The van der Waals surface area contributed by atoms with Crippen LogP contribution in [0.1, 0.15) is 18.7 Å². The Bertz CT molecular complexity index is 306. The van der Waals surface area contributed by atoms with E-state index in [2.05, 4.69) is 20.9 Å². The standard InChI is InChI=1S/C8H10BrFN2O/c1-4(13)7(11)8-6(10)2-5(9)3-12-8/h2-4,7,13H,11H2,1H3. The summed E-state index contributed by atoms with van der Waals surface area (Å²) in [7, 11) is 0. The minimum Gasteiger partial charge on any atom is -0.391 e. The number of nitrogens with two attached hydrogens (primary N) is 1. The second-order valence-electron chi connectivity index (χ2n) is 2.79. The maximum atomic E-state index is 13.2. The van der Waals surface area contributed by atoms with Gasteiger partial charge in [0.1, 0.15) is 5.82 Å². The molecule has 2 unspecified atom stereocenters. The van der Waals surface area contributed by atoms with Gasteiger partial charge in [-0.2, -0.15) is 0 Å². The van der Waals surface area contributed by atoms with E-state index in [1.54, 1.807) is 0 Å². The molecule has 1 aromatic rings. The monoisotopic (exact) mass is 248 g/mol. The van der Waals surface area contributed by atoms with E-state index in [0.29, 0.717) is 4.47 Å². The lowest BCUT2D eigenvalue weighted by Crippen LogP contribution is -2.25. The van der Waals surface area contributed by atoms with Crippen LogP contribution in [0.5, 0.6) is 0 Å². The van der Waals surface area contributed by atoms with Crippen molar-refractivity contribution >= 4 is 15.9 Å². The fourth-order valence-corrected chi connectivity index (χ4v) is 1.20.